The second-order valence-electron chi connectivity index (χ2n) is 9.00. The Morgan fingerprint density at radius 1 is 1.32 bits per heavy atom. The lowest BCUT2D eigenvalue weighted by Crippen LogP contribution is -2.25. The van der Waals surface area contributed by atoms with Gasteiger partial charge in [0.05, 0.1) is 38.1 Å². The number of hydrogen-bond acceptors (Lipinski definition) is 7. The van der Waals surface area contributed by atoms with Crippen LogP contribution in [0.1, 0.15) is 62.9 Å². The number of carbonyl (C=O) groups is 1. The third-order valence-corrected chi connectivity index (χ3v) is 7.23. The molecule has 0 radical (unpaired) electrons. The third-order valence-electron chi connectivity index (χ3n) is 6.05. The molecule has 164 valence electrons. The van der Waals surface area contributed by atoms with Crippen molar-refractivity contribution in [2.45, 2.75) is 58.0 Å². The average molecular weight is 439 g/mol. The average Bonchev–Trinajstić information content (AvgIpc) is 3.15. The summed E-state index contributed by atoms with van der Waals surface area (Å²) in [4.78, 5) is 20.5. The standard InChI is InChI=1S/C24H30N4O2S/c1-14(19-9-10-25-15(2)27-19)26-20-12-22-21(11-18(20)24(3,4)30)28-23(31-22)17-7-5-16(13-29)6-8-17/h9,11-13,16-17,26,30H,1,5-8,10H2,2-4H3,(H,25,27). The number of nitrogens with one attached hydrogen (secondary N) is 2. The molecule has 1 aliphatic carbocycles. The lowest BCUT2D eigenvalue weighted by molar-refractivity contribution is -0.111. The minimum Gasteiger partial charge on any atom is -0.386 e. The van der Waals surface area contributed by atoms with Gasteiger partial charge in [0.1, 0.15) is 6.29 Å². The van der Waals surface area contributed by atoms with E-state index in [2.05, 4.69) is 28.3 Å². The Morgan fingerprint density at radius 3 is 2.71 bits per heavy atom. The van der Waals surface area contributed by atoms with Crippen molar-refractivity contribution in [3.8, 4) is 0 Å². The fourth-order valence-corrected chi connectivity index (χ4v) is 5.41. The minimum atomic E-state index is -1.04. The zero-order valence-electron chi connectivity index (χ0n) is 18.4. The molecule has 1 aromatic heterocycles. The van der Waals surface area contributed by atoms with Crippen molar-refractivity contribution in [2.75, 3.05) is 11.9 Å². The maximum absolute atomic E-state index is 11.1. The molecule has 2 aromatic rings. The van der Waals surface area contributed by atoms with Gasteiger partial charge < -0.3 is 20.5 Å². The summed E-state index contributed by atoms with van der Waals surface area (Å²) in [6.45, 7) is 10.4. The van der Waals surface area contributed by atoms with Crippen molar-refractivity contribution < 1.29 is 9.90 Å². The molecule has 1 fully saturated rings. The predicted octanol–water partition coefficient (Wildman–Crippen LogP) is 4.83. The normalized spacial score (nSPS) is 21.8. The molecule has 1 aliphatic heterocycles. The smallest absolute Gasteiger partial charge is 0.123 e. The van der Waals surface area contributed by atoms with Crippen LogP contribution in [0.5, 0.6) is 0 Å². The fourth-order valence-electron chi connectivity index (χ4n) is 4.26. The van der Waals surface area contributed by atoms with E-state index < -0.39 is 5.60 Å². The second kappa shape index (κ2) is 8.55. The van der Waals surface area contributed by atoms with E-state index >= 15 is 0 Å². The molecule has 0 saturated heterocycles. The van der Waals surface area contributed by atoms with Crippen molar-refractivity contribution >= 4 is 39.4 Å². The quantitative estimate of drug-likeness (QED) is 0.563. The zero-order chi connectivity index (χ0) is 22.2. The van der Waals surface area contributed by atoms with E-state index in [1.54, 1.807) is 25.2 Å². The summed E-state index contributed by atoms with van der Waals surface area (Å²) in [6.07, 6.45) is 6.97. The first-order valence-electron chi connectivity index (χ1n) is 10.8. The van der Waals surface area contributed by atoms with Gasteiger partial charge in [0.15, 0.2) is 0 Å². The monoisotopic (exact) mass is 438 g/mol. The number of anilines is 1. The molecule has 0 atom stereocenters. The highest BCUT2D eigenvalue weighted by atomic mass is 32.1. The first-order chi connectivity index (χ1) is 14.7. The van der Waals surface area contributed by atoms with Crippen molar-refractivity contribution in [1.29, 1.82) is 0 Å². The zero-order valence-corrected chi connectivity index (χ0v) is 19.2. The largest absolute Gasteiger partial charge is 0.386 e. The van der Waals surface area contributed by atoms with E-state index in [0.29, 0.717) is 18.2 Å². The second-order valence-corrected chi connectivity index (χ2v) is 10.1. The molecular weight excluding hydrogens is 408 g/mol. The van der Waals surface area contributed by atoms with Gasteiger partial charge in [0, 0.05) is 29.6 Å². The van der Waals surface area contributed by atoms with Crippen LogP contribution >= 0.6 is 11.3 Å². The van der Waals surface area contributed by atoms with Gasteiger partial charge in [-0.1, -0.05) is 6.58 Å². The number of aromatic nitrogens is 1. The minimum absolute atomic E-state index is 0.199. The Labute approximate surface area is 187 Å². The number of amidine groups is 1. The van der Waals surface area contributed by atoms with E-state index in [4.69, 9.17) is 4.98 Å². The van der Waals surface area contributed by atoms with Crippen LogP contribution in [0.2, 0.25) is 0 Å². The van der Waals surface area contributed by atoms with Crippen molar-refractivity contribution in [3.63, 3.8) is 0 Å². The molecule has 0 spiro atoms. The van der Waals surface area contributed by atoms with Crippen LogP contribution in [0, 0.1) is 5.92 Å². The highest BCUT2D eigenvalue weighted by Crippen LogP contribution is 2.41. The van der Waals surface area contributed by atoms with Gasteiger partial charge >= 0.3 is 0 Å². The fraction of sp³-hybridized carbons (Fsp3) is 0.458. The van der Waals surface area contributed by atoms with Crippen LogP contribution in [-0.4, -0.2) is 28.8 Å². The van der Waals surface area contributed by atoms with Gasteiger partial charge in [-0.2, -0.15) is 0 Å². The molecule has 7 heteroatoms. The van der Waals surface area contributed by atoms with Gasteiger partial charge in [0.25, 0.3) is 0 Å². The summed E-state index contributed by atoms with van der Waals surface area (Å²) in [5.41, 5.74) is 2.96. The first-order valence-corrected chi connectivity index (χ1v) is 11.6. The van der Waals surface area contributed by atoms with E-state index in [1.807, 2.05) is 19.1 Å². The number of hydrogen-bond donors (Lipinski definition) is 3. The van der Waals surface area contributed by atoms with Crippen LogP contribution in [-0.2, 0) is 10.4 Å². The van der Waals surface area contributed by atoms with Crippen LogP contribution in [0.15, 0.2) is 41.2 Å². The topological polar surface area (TPSA) is 86.6 Å². The number of fused-ring (bicyclic) bond motifs is 1. The Hall–Kier alpha value is -2.51. The molecule has 2 aliphatic rings. The number of aldehydes is 1. The van der Waals surface area contributed by atoms with E-state index in [-0.39, 0.29) is 5.92 Å². The van der Waals surface area contributed by atoms with Crippen molar-refractivity contribution in [1.82, 2.24) is 10.3 Å². The summed E-state index contributed by atoms with van der Waals surface area (Å²) in [5.74, 6) is 1.46. The van der Waals surface area contributed by atoms with Gasteiger partial charge in [-0.15, -0.1) is 11.3 Å². The lowest BCUT2D eigenvalue weighted by atomic mass is 9.83. The lowest BCUT2D eigenvalue weighted by Gasteiger charge is -2.24. The van der Waals surface area contributed by atoms with E-state index in [0.717, 1.165) is 70.0 Å². The van der Waals surface area contributed by atoms with Crippen LogP contribution in [0.3, 0.4) is 0 Å². The summed E-state index contributed by atoms with van der Waals surface area (Å²) in [6, 6.07) is 4.04. The maximum atomic E-state index is 11.1. The van der Waals surface area contributed by atoms with Gasteiger partial charge in [0.2, 0.25) is 0 Å². The summed E-state index contributed by atoms with van der Waals surface area (Å²) in [7, 11) is 0. The summed E-state index contributed by atoms with van der Waals surface area (Å²) < 4.78 is 1.08. The Bertz CT molecular complexity index is 1070. The molecule has 0 unspecified atom stereocenters. The molecule has 0 amide bonds. The van der Waals surface area contributed by atoms with Crippen LogP contribution < -0.4 is 10.6 Å². The number of thiazole rings is 1. The molecule has 4 rings (SSSR count). The molecule has 1 saturated carbocycles. The number of aliphatic hydroxyl groups is 1. The van der Waals surface area contributed by atoms with Gasteiger partial charge in [-0.05, 0) is 64.7 Å². The Kier molecular flexibility index (Phi) is 5.99. The van der Waals surface area contributed by atoms with Crippen LogP contribution in [0.25, 0.3) is 10.2 Å². The number of nitrogens with zero attached hydrogens (tertiary/aromatic N) is 2. The highest BCUT2D eigenvalue weighted by molar-refractivity contribution is 7.18. The SMILES string of the molecule is C=C(Nc1cc2sc(C3CCC(C=O)CC3)nc2cc1C(C)(C)O)C1=CCNC(C)=N1. The van der Waals surface area contributed by atoms with Crippen molar-refractivity contribution in [3.05, 3.63) is 46.8 Å². The van der Waals surface area contributed by atoms with Gasteiger partial charge in [-0.3, -0.25) is 0 Å². The number of aliphatic imine (C=N–C) groups is 1. The first kappa shape index (κ1) is 21.7. The molecule has 6 nitrogen and oxygen atoms in total. The molecule has 0 bridgehead atoms. The molecule has 31 heavy (non-hydrogen) atoms. The Morgan fingerprint density at radius 2 is 2.06 bits per heavy atom. The molecule has 1 aromatic carbocycles. The maximum Gasteiger partial charge on any atom is 0.123 e. The molecule has 2 heterocycles. The third kappa shape index (κ3) is 4.72. The van der Waals surface area contributed by atoms with E-state index in [9.17, 15) is 9.90 Å². The number of carbonyl (C=O) groups excluding carboxylic acids is 1. The Balaban J connectivity index is 1.65. The van der Waals surface area contributed by atoms with Gasteiger partial charge in [-0.25, -0.2) is 9.98 Å². The van der Waals surface area contributed by atoms with Crippen LogP contribution in [0.4, 0.5) is 5.69 Å². The predicted molar refractivity (Wildman–Crippen MR) is 128 cm³/mol. The molecular formula is C24H30N4O2S. The summed E-state index contributed by atoms with van der Waals surface area (Å²) >= 11 is 1.71. The molecule has 3 N–H and O–H groups in total. The number of benzene rings is 1. The summed E-state index contributed by atoms with van der Waals surface area (Å²) in [5, 5.41) is 18.5. The highest BCUT2D eigenvalue weighted by Gasteiger charge is 2.26. The van der Waals surface area contributed by atoms with E-state index in [1.165, 1.54) is 0 Å². The van der Waals surface area contributed by atoms with Crippen molar-refractivity contribution in [2.24, 2.45) is 10.9 Å². The number of rotatable bonds is 6.